The van der Waals surface area contributed by atoms with Gasteiger partial charge in [-0.25, -0.2) is 9.97 Å². The lowest BCUT2D eigenvalue weighted by Gasteiger charge is -2.37. The molecule has 7 nitrogen and oxygen atoms in total. The summed E-state index contributed by atoms with van der Waals surface area (Å²) in [5.74, 6) is 2.67. The fraction of sp³-hybridized carbons (Fsp3) is 0.375. The summed E-state index contributed by atoms with van der Waals surface area (Å²) in [5.41, 5.74) is 3.15. The van der Waals surface area contributed by atoms with Gasteiger partial charge in [0, 0.05) is 57.4 Å². The van der Waals surface area contributed by atoms with Crippen LogP contribution in [0.3, 0.4) is 0 Å². The Morgan fingerprint density at radius 3 is 2.56 bits per heavy atom. The summed E-state index contributed by atoms with van der Waals surface area (Å²) in [4.78, 5) is 18.6. The van der Waals surface area contributed by atoms with Crippen LogP contribution in [0, 0.1) is 6.92 Å². The van der Waals surface area contributed by atoms with E-state index in [0.717, 1.165) is 62.2 Å². The maximum absolute atomic E-state index is 5.67. The molecule has 1 aromatic carbocycles. The van der Waals surface area contributed by atoms with Gasteiger partial charge in [0.2, 0.25) is 5.89 Å². The molecule has 170 valence electrons. The zero-order chi connectivity index (χ0) is 21.5. The number of benzene rings is 1. The second-order valence-corrected chi connectivity index (χ2v) is 7.66. The van der Waals surface area contributed by atoms with Gasteiger partial charge in [-0.1, -0.05) is 23.8 Å². The van der Waals surface area contributed by atoms with E-state index in [1.54, 1.807) is 6.26 Å². The number of hydrogen-bond acceptors (Lipinski definition) is 5. The molecular weight excluding hydrogens is 515 g/mol. The molecule has 0 saturated carbocycles. The van der Waals surface area contributed by atoms with Crippen LogP contribution in [-0.4, -0.2) is 60.1 Å². The van der Waals surface area contributed by atoms with Gasteiger partial charge in [0.1, 0.15) is 12.1 Å². The summed E-state index contributed by atoms with van der Waals surface area (Å²) in [6, 6.07) is 14.3. The van der Waals surface area contributed by atoms with Crippen LogP contribution in [0.1, 0.15) is 18.2 Å². The zero-order valence-corrected chi connectivity index (χ0v) is 21.0. The van der Waals surface area contributed by atoms with Gasteiger partial charge in [-0.2, -0.15) is 0 Å². The number of pyridine rings is 1. The van der Waals surface area contributed by atoms with E-state index in [4.69, 9.17) is 9.41 Å². The lowest BCUT2D eigenvalue weighted by Crippen LogP contribution is -2.52. The van der Waals surface area contributed by atoms with Crippen molar-refractivity contribution in [1.29, 1.82) is 0 Å². The summed E-state index contributed by atoms with van der Waals surface area (Å²) < 4.78 is 5.67. The van der Waals surface area contributed by atoms with E-state index in [2.05, 4.69) is 57.1 Å². The van der Waals surface area contributed by atoms with Gasteiger partial charge in [-0.15, -0.1) is 24.0 Å². The predicted molar refractivity (Wildman–Crippen MR) is 140 cm³/mol. The lowest BCUT2D eigenvalue weighted by atomic mass is 10.1. The number of hydrogen-bond donors (Lipinski definition) is 1. The van der Waals surface area contributed by atoms with E-state index in [1.165, 1.54) is 5.56 Å². The molecule has 0 unspecified atom stereocenters. The first-order valence-corrected chi connectivity index (χ1v) is 10.9. The van der Waals surface area contributed by atoms with Crippen LogP contribution in [0.25, 0.3) is 11.5 Å². The van der Waals surface area contributed by atoms with Crippen LogP contribution in [-0.2, 0) is 6.42 Å². The quantitative estimate of drug-likeness (QED) is 0.287. The van der Waals surface area contributed by atoms with Gasteiger partial charge in [-0.3, -0.25) is 4.99 Å². The van der Waals surface area contributed by atoms with E-state index in [-0.39, 0.29) is 24.0 Å². The molecule has 1 N–H and O–H groups in total. The van der Waals surface area contributed by atoms with Crippen LogP contribution < -0.4 is 10.2 Å². The second-order valence-electron chi connectivity index (χ2n) is 7.66. The normalized spacial score (nSPS) is 14.2. The first kappa shape index (κ1) is 24.0. The van der Waals surface area contributed by atoms with Gasteiger partial charge in [-0.05, 0) is 38.1 Å². The Balaban J connectivity index is 0.00000289. The van der Waals surface area contributed by atoms with Crippen LogP contribution in [0.2, 0.25) is 0 Å². The van der Waals surface area contributed by atoms with E-state index in [1.807, 2.05) is 30.5 Å². The number of rotatable bonds is 6. The van der Waals surface area contributed by atoms with Crippen molar-refractivity contribution < 1.29 is 4.42 Å². The highest BCUT2D eigenvalue weighted by atomic mass is 127. The topological polar surface area (TPSA) is 69.8 Å². The molecule has 0 bridgehead atoms. The molecular formula is C24H31IN6O. The molecule has 0 amide bonds. The third kappa shape index (κ3) is 6.21. The average Bonchev–Trinajstić information content (AvgIpc) is 3.29. The first-order valence-electron chi connectivity index (χ1n) is 10.9. The number of piperazine rings is 1. The van der Waals surface area contributed by atoms with Crippen LogP contribution in [0.5, 0.6) is 0 Å². The van der Waals surface area contributed by atoms with Gasteiger partial charge in [0.25, 0.3) is 0 Å². The number of aromatic nitrogens is 2. The highest BCUT2D eigenvalue weighted by Gasteiger charge is 2.20. The number of halogens is 1. The number of nitrogens with one attached hydrogen (secondary N) is 1. The Bertz CT molecular complexity index is 981. The fourth-order valence-corrected chi connectivity index (χ4v) is 3.64. The van der Waals surface area contributed by atoms with Gasteiger partial charge in [0.05, 0.1) is 5.69 Å². The molecule has 3 aromatic rings. The highest BCUT2D eigenvalue weighted by molar-refractivity contribution is 14.0. The standard InChI is InChI=1S/C24H30N6O.HI/c1-3-25-24(30-16-14-29(15-17-30)22-6-4-5-12-26-22)27-13-11-21-18-31-23(28-21)20-9-7-19(2)8-10-20;/h4-10,12,18H,3,11,13-17H2,1-2H3,(H,25,27);1H. The van der Waals surface area contributed by atoms with Crippen LogP contribution in [0.4, 0.5) is 5.82 Å². The molecule has 0 radical (unpaired) electrons. The van der Waals surface area contributed by atoms with E-state index in [9.17, 15) is 0 Å². The molecule has 8 heteroatoms. The maximum atomic E-state index is 5.67. The Morgan fingerprint density at radius 2 is 1.88 bits per heavy atom. The number of aryl methyl sites for hydroxylation is 1. The third-order valence-corrected chi connectivity index (χ3v) is 5.37. The molecule has 4 rings (SSSR count). The third-order valence-electron chi connectivity index (χ3n) is 5.37. The van der Waals surface area contributed by atoms with Gasteiger partial charge in [0.15, 0.2) is 5.96 Å². The van der Waals surface area contributed by atoms with Crippen molar-refractivity contribution >= 4 is 35.8 Å². The SMILES string of the molecule is CCNC(=NCCc1coc(-c2ccc(C)cc2)n1)N1CCN(c2ccccn2)CC1.I. The van der Waals surface area contributed by atoms with Crippen molar-refractivity contribution in [2.45, 2.75) is 20.3 Å². The van der Waals surface area contributed by atoms with Crippen LogP contribution in [0.15, 0.2) is 64.3 Å². The predicted octanol–water partition coefficient (Wildman–Crippen LogP) is 3.99. The molecule has 1 saturated heterocycles. The Morgan fingerprint density at radius 1 is 1.09 bits per heavy atom. The summed E-state index contributed by atoms with van der Waals surface area (Å²) in [7, 11) is 0. The Kier molecular flexibility index (Phi) is 8.90. The molecule has 0 aliphatic carbocycles. The molecule has 1 aliphatic rings. The molecule has 1 fully saturated rings. The largest absolute Gasteiger partial charge is 0.444 e. The van der Waals surface area contributed by atoms with E-state index < -0.39 is 0 Å². The first-order chi connectivity index (χ1) is 15.2. The molecule has 2 aromatic heterocycles. The number of aliphatic imine (C=N–C) groups is 1. The summed E-state index contributed by atoms with van der Waals surface area (Å²) in [6.45, 7) is 9.40. The minimum atomic E-state index is 0. The molecule has 1 aliphatic heterocycles. The number of anilines is 1. The lowest BCUT2D eigenvalue weighted by molar-refractivity contribution is 0.371. The number of nitrogens with zero attached hydrogens (tertiary/aromatic N) is 5. The van der Waals surface area contributed by atoms with Crippen molar-refractivity contribution in [3.05, 3.63) is 66.2 Å². The van der Waals surface area contributed by atoms with Crippen molar-refractivity contribution in [1.82, 2.24) is 20.2 Å². The van der Waals surface area contributed by atoms with Crippen molar-refractivity contribution in [3.8, 4) is 11.5 Å². The Labute approximate surface area is 207 Å². The van der Waals surface area contributed by atoms with Crippen molar-refractivity contribution in [3.63, 3.8) is 0 Å². The molecule has 0 spiro atoms. The average molecular weight is 546 g/mol. The van der Waals surface area contributed by atoms with Crippen molar-refractivity contribution in [2.24, 2.45) is 4.99 Å². The highest BCUT2D eigenvalue weighted by Crippen LogP contribution is 2.19. The number of guanidine groups is 1. The number of oxazole rings is 1. The fourth-order valence-electron chi connectivity index (χ4n) is 3.64. The zero-order valence-electron chi connectivity index (χ0n) is 18.7. The van der Waals surface area contributed by atoms with E-state index >= 15 is 0 Å². The summed E-state index contributed by atoms with van der Waals surface area (Å²) in [5, 5.41) is 3.43. The molecule has 3 heterocycles. The second kappa shape index (κ2) is 11.8. The van der Waals surface area contributed by atoms with Crippen LogP contribution >= 0.6 is 24.0 Å². The maximum Gasteiger partial charge on any atom is 0.226 e. The minimum Gasteiger partial charge on any atom is -0.444 e. The minimum absolute atomic E-state index is 0. The monoisotopic (exact) mass is 546 g/mol. The summed E-state index contributed by atoms with van der Waals surface area (Å²) >= 11 is 0. The molecule has 0 atom stereocenters. The smallest absolute Gasteiger partial charge is 0.226 e. The summed E-state index contributed by atoms with van der Waals surface area (Å²) in [6.07, 6.45) is 4.34. The van der Waals surface area contributed by atoms with Gasteiger partial charge < -0.3 is 19.5 Å². The van der Waals surface area contributed by atoms with E-state index in [0.29, 0.717) is 12.4 Å². The van der Waals surface area contributed by atoms with Crippen molar-refractivity contribution in [2.75, 3.05) is 44.2 Å². The Hall–Kier alpha value is -2.62. The van der Waals surface area contributed by atoms with Gasteiger partial charge >= 0.3 is 0 Å². The molecule has 32 heavy (non-hydrogen) atoms.